The van der Waals surface area contributed by atoms with E-state index in [0.717, 1.165) is 6.07 Å². The van der Waals surface area contributed by atoms with E-state index >= 15 is 0 Å². The van der Waals surface area contributed by atoms with Crippen molar-refractivity contribution >= 4 is 11.7 Å². The minimum absolute atomic E-state index is 0.204. The quantitative estimate of drug-likeness (QED) is 0.705. The van der Waals surface area contributed by atoms with Gasteiger partial charge < -0.3 is 16.4 Å². The maximum Gasteiger partial charge on any atom is 0.319 e. The molecule has 0 unspecified atom stereocenters. The van der Waals surface area contributed by atoms with Crippen molar-refractivity contribution in [1.82, 2.24) is 5.32 Å². The average molecular weight is 215 g/mol. The molecule has 4 nitrogen and oxygen atoms in total. The van der Waals surface area contributed by atoms with Gasteiger partial charge in [-0.1, -0.05) is 6.07 Å². The van der Waals surface area contributed by atoms with Crippen molar-refractivity contribution in [2.75, 3.05) is 18.4 Å². The Balaban J connectivity index is 2.64. The van der Waals surface area contributed by atoms with E-state index < -0.39 is 17.7 Å². The zero-order valence-electron chi connectivity index (χ0n) is 7.89. The van der Waals surface area contributed by atoms with Gasteiger partial charge in [-0.3, -0.25) is 0 Å². The fraction of sp³-hybridized carbons (Fsp3) is 0.222. The summed E-state index contributed by atoms with van der Waals surface area (Å²) in [5.41, 5.74) is 4.94. The second kappa shape index (κ2) is 5.26. The molecule has 0 aliphatic carbocycles. The molecule has 0 aliphatic rings. The summed E-state index contributed by atoms with van der Waals surface area (Å²) in [5.74, 6) is -2.09. The van der Waals surface area contributed by atoms with Gasteiger partial charge in [-0.25, -0.2) is 13.6 Å². The molecule has 82 valence electrons. The van der Waals surface area contributed by atoms with E-state index in [-0.39, 0.29) is 18.8 Å². The van der Waals surface area contributed by atoms with E-state index in [0.29, 0.717) is 0 Å². The van der Waals surface area contributed by atoms with Crippen LogP contribution in [0.5, 0.6) is 0 Å². The Morgan fingerprint density at radius 2 is 2.13 bits per heavy atom. The molecule has 1 aromatic rings. The predicted molar refractivity (Wildman–Crippen MR) is 52.4 cm³/mol. The Morgan fingerprint density at radius 1 is 1.40 bits per heavy atom. The summed E-state index contributed by atoms with van der Waals surface area (Å²) >= 11 is 0. The van der Waals surface area contributed by atoms with Crippen molar-refractivity contribution in [3.05, 3.63) is 29.8 Å². The van der Waals surface area contributed by atoms with Crippen LogP contribution in [0.2, 0.25) is 0 Å². The second-order valence-corrected chi connectivity index (χ2v) is 2.77. The van der Waals surface area contributed by atoms with Crippen LogP contribution in [-0.2, 0) is 0 Å². The number of nitrogens with two attached hydrogens (primary N) is 1. The highest BCUT2D eigenvalue weighted by molar-refractivity contribution is 5.89. The second-order valence-electron chi connectivity index (χ2n) is 2.77. The number of halogens is 2. The predicted octanol–water partition coefficient (Wildman–Crippen LogP) is 1.04. The first kappa shape index (κ1) is 11.4. The number of carbonyl (C=O) groups excluding carboxylic acids is 1. The normalized spacial score (nSPS) is 9.80. The van der Waals surface area contributed by atoms with Crippen LogP contribution in [0.1, 0.15) is 0 Å². The molecule has 0 aliphatic heterocycles. The van der Waals surface area contributed by atoms with Crippen LogP contribution in [-0.4, -0.2) is 19.1 Å². The molecule has 0 radical (unpaired) electrons. The van der Waals surface area contributed by atoms with Gasteiger partial charge in [0, 0.05) is 13.1 Å². The third-order valence-electron chi connectivity index (χ3n) is 1.63. The number of hydrogen-bond donors (Lipinski definition) is 3. The van der Waals surface area contributed by atoms with Crippen molar-refractivity contribution in [3.8, 4) is 0 Å². The summed E-state index contributed by atoms with van der Waals surface area (Å²) in [6.07, 6.45) is 0. The highest BCUT2D eigenvalue weighted by Crippen LogP contribution is 2.15. The molecule has 0 saturated carbocycles. The van der Waals surface area contributed by atoms with E-state index in [2.05, 4.69) is 10.6 Å². The van der Waals surface area contributed by atoms with Gasteiger partial charge in [-0.2, -0.15) is 0 Å². The molecule has 0 spiro atoms. The molecule has 0 aromatic heterocycles. The lowest BCUT2D eigenvalue weighted by Crippen LogP contribution is -2.33. The number of amides is 2. The van der Waals surface area contributed by atoms with Crippen LogP contribution in [0.4, 0.5) is 19.3 Å². The summed E-state index contributed by atoms with van der Waals surface area (Å²) in [4.78, 5) is 11.1. The highest BCUT2D eigenvalue weighted by Gasteiger charge is 2.09. The maximum absolute atomic E-state index is 13.0. The van der Waals surface area contributed by atoms with Gasteiger partial charge >= 0.3 is 6.03 Å². The Bertz CT molecular complexity index is 357. The number of rotatable bonds is 3. The van der Waals surface area contributed by atoms with Gasteiger partial charge in [-0.15, -0.1) is 0 Å². The van der Waals surface area contributed by atoms with Crippen LogP contribution in [0.25, 0.3) is 0 Å². The average Bonchev–Trinajstić information content (AvgIpc) is 2.22. The van der Waals surface area contributed by atoms with Crippen molar-refractivity contribution in [2.45, 2.75) is 0 Å². The topological polar surface area (TPSA) is 67.1 Å². The number of anilines is 1. The van der Waals surface area contributed by atoms with Crippen LogP contribution in [0.15, 0.2) is 18.2 Å². The summed E-state index contributed by atoms with van der Waals surface area (Å²) < 4.78 is 25.8. The third kappa shape index (κ3) is 3.17. The number of carbonyl (C=O) groups is 1. The number of benzene rings is 1. The molecule has 0 fully saturated rings. The Morgan fingerprint density at radius 3 is 2.80 bits per heavy atom. The zero-order chi connectivity index (χ0) is 11.3. The van der Waals surface area contributed by atoms with Crippen molar-refractivity contribution in [3.63, 3.8) is 0 Å². The first-order chi connectivity index (χ1) is 7.15. The fourth-order valence-corrected chi connectivity index (χ4v) is 0.953. The number of hydrogen-bond acceptors (Lipinski definition) is 2. The third-order valence-corrected chi connectivity index (χ3v) is 1.63. The lowest BCUT2D eigenvalue weighted by molar-refractivity contribution is 0.252. The van der Waals surface area contributed by atoms with E-state index in [9.17, 15) is 13.6 Å². The summed E-state index contributed by atoms with van der Waals surface area (Å²) in [5, 5.41) is 4.53. The molecule has 6 heteroatoms. The van der Waals surface area contributed by atoms with Gasteiger partial charge in [-0.05, 0) is 12.1 Å². The lowest BCUT2D eigenvalue weighted by atomic mass is 10.3. The smallest absolute Gasteiger partial charge is 0.319 e. The Labute approximate surface area is 85.5 Å². The van der Waals surface area contributed by atoms with Gasteiger partial charge in [0.2, 0.25) is 0 Å². The first-order valence-electron chi connectivity index (χ1n) is 4.34. The van der Waals surface area contributed by atoms with Gasteiger partial charge in [0.1, 0.15) is 0 Å². The van der Waals surface area contributed by atoms with E-state index in [1.807, 2.05) is 0 Å². The van der Waals surface area contributed by atoms with Gasteiger partial charge in [0.25, 0.3) is 0 Å². The fourth-order valence-electron chi connectivity index (χ4n) is 0.953. The maximum atomic E-state index is 13.0. The molecule has 15 heavy (non-hydrogen) atoms. The molecule has 1 aromatic carbocycles. The van der Waals surface area contributed by atoms with Crippen molar-refractivity contribution in [2.24, 2.45) is 5.73 Å². The molecular weight excluding hydrogens is 204 g/mol. The molecule has 1 rings (SSSR count). The number of urea groups is 1. The minimum Gasteiger partial charge on any atom is -0.337 e. The minimum atomic E-state index is -1.08. The van der Waals surface area contributed by atoms with Crippen molar-refractivity contribution < 1.29 is 13.6 Å². The van der Waals surface area contributed by atoms with Crippen LogP contribution < -0.4 is 16.4 Å². The van der Waals surface area contributed by atoms with E-state index in [1.54, 1.807) is 0 Å². The summed E-state index contributed by atoms with van der Waals surface area (Å²) in [7, 11) is 0. The molecular formula is C9H11F2N3O. The highest BCUT2D eigenvalue weighted by atomic mass is 19.2. The monoisotopic (exact) mass is 215 g/mol. The summed E-state index contributed by atoms with van der Waals surface area (Å²) in [6, 6.07) is 2.92. The zero-order valence-corrected chi connectivity index (χ0v) is 7.89. The molecule has 0 atom stereocenters. The largest absolute Gasteiger partial charge is 0.337 e. The Kier molecular flexibility index (Phi) is 3.99. The van der Waals surface area contributed by atoms with Gasteiger partial charge in [0.15, 0.2) is 11.6 Å². The SMILES string of the molecule is NCCNC(=O)Nc1cccc(F)c1F. The lowest BCUT2D eigenvalue weighted by Gasteiger charge is -2.07. The first-order valence-corrected chi connectivity index (χ1v) is 4.34. The Hall–Kier alpha value is -1.69. The van der Waals surface area contributed by atoms with Crippen LogP contribution in [0.3, 0.4) is 0 Å². The van der Waals surface area contributed by atoms with Gasteiger partial charge in [0.05, 0.1) is 5.69 Å². The molecule has 2 amide bonds. The number of nitrogens with one attached hydrogen (secondary N) is 2. The summed E-state index contributed by atoms with van der Waals surface area (Å²) in [6.45, 7) is 0.543. The molecule has 0 saturated heterocycles. The van der Waals surface area contributed by atoms with E-state index in [1.165, 1.54) is 12.1 Å². The van der Waals surface area contributed by atoms with Crippen LogP contribution in [0, 0.1) is 11.6 Å². The molecule has 0 bridgehead atoms. The molecule has 0 heterocycles. The van der Waals surface area contributed by atoms with Crippen LogP contribution >= 0.6 is 0 Å². The van der Waals surface area contributed by atoms with E-state index in [4.69, 9.17) is 5.73 Å². The standard InChI is InChI=1S/C9H11F2N3O/c10-6-2-1-3-7(8(6)11)14-9(15)13-5-4-12/h1-3H,4-5,12H2,(H2,13,14,15). The van der Waals surface area contributed by atoms with Crippen molar-refractivity contribution in [1.29, 1.82) is 0 Å². The molecule has 4 N–H and O–H groups in total.